The number of primary amides is 1. The van der Waals surface area contributed by atoms with Gasteiger partial charge in [-0.25, -0.2) is 8.42 Å². The zero-order chi connectivity index (χ0) is 20.5. The number of ether oxygens (including phenoxy) is 1. The van der Waals surface area contributed by atoms with Crippen molar-refractivity contribution in [2.75, 3.05) is 0 Å². The molecule has 0 saturated heterocycles. The Hall–Kier alpha value is -1.31. The maximum Gasteiger partial charge on any atom is 0.223 e. The lowest BCUT2D eigenvalue weighted by Gasteiger charge is -2.17. The van der Waals surface area contributed by atoms with Gasteiger partial charge in [0.25, 0.3) is 0 Å². The molecule has 2 aromatic rings. The molecule has 0 spiro atoms. The molecule has 0 aliphatic heterocycles. The third-order valence-electron chi connectivity index (χ3n) is 4.84. The summed E-state index contributed by atoms with van der Waals surface area (Å²) in [5.41, 5.74) is 6.36. The average molecular weight is 463 g/mol. The second kappa shape index (κ2) is 8.59. The highest BCUT2D eigenvalue weighted by Gasteiger charge is 2.45. The molecular weight excluding hydrogens is 445 g/mol. The smallest absolute Gasteiger partial charge is 0.223 e. The molecule has 150 valence electrons. The number of hydrogen-bond donors (Lipinski definition) is 1. The highest BCUT2D eigenvalue weighted by molar-refractivity contribution is 7.92. The van der Waals surface area contributed by atoms with E-state index in [0.717, 1.165) is 5.56 Å². The Kier molecular flexibility index (Phi) is 6.57. The fourth-order valence-corrected chi connectivity index (χ4v) is 6.07. The van der Waals surface area contributed by atoms with Crippen LogP contribution in [0.15, 0.2) is 47.4 Å². The highest BCUT2D eigenvalue weighted by Crippen LogP contribution is 2.38. The molecule has 5 nitrogen and oxygen atoms in total. The first-order valence-electron chi connectivity index (χ1n) is 8.53. The van der Waals surface area contributed by atoms with Crippen LogP contribution in [0.2, 0.25) is 15.1 Å². The Morgan fingerprint density at radius 2 is 1.68 bits per heavy atom. The second-order valence-corrected chi connectivity index (χ2v) is 10.2. The summed E-state index contributed by atoms with van der Waals surface area (Å²) in [6, 6.07) is 11.3. The Morgan fingerprint density at radius 3 is 2.29 bits per heavy atom. The fraction of sp³-hybridized carbons (Fsp3) is 0.316. The van der Waals surface area contributed by atoms with Crippen molar-refractivity contribution in [3.8, 4) is 0 Å². The maximum atomic E-state index is 13.0. The fourth-order valence-electron chi connectivity index (χ4n) is 3.36. The molecule has 1 aliphatic carbocycles. The number of rotatable bonds is 6. The second-order valence-electron chi connectivity index (χ2n) is 6.70. The molecule has 1 amide bonds. The van der Waals surface area contributed by atoms with E-state index in [2.05, 4.69) is 0 Å². The first-order valence-corrected chi connectivity index (χ1v) is 11.2. The van der Waals surface area contributed by atoms with Crippen LogP contribution in [-0.2, 0) is 26.0 Å². The van der Waals surface area contributed by atoms with Crippen molar-refractivity contribution in [3.05, 3.63) is 63.1 Å². The van der Waals surface area contributed by atoms with Crippen LogP contribution < -0.4 is 5.73 Å². The number of carbonyl (C=O) groups is 1. The molecule has 3 atom stereocenters. The summed E-state index contributed by atoms with van der Waals surface area (Å²) in [5, 5.41) is 0.174. The largest absolute Gasteiger partial charge is 0.373 e. The van der Waals surface area contributed by atoms with E-state index in [9.17, 15) is 13.2 Å². The van der Waals surface area contributed by atoms with Crippen LogP contribution in [-0.4, -0.2) is 25.7 Å². The Bertz CT molecular complexity index is 979. The van der Waals surface area contributed by atoms with Gasteiger partial charge in [-0.3, -0.25) is 4.79 Å². The van der Waals surface area contributed by atoms with Gasteiger partial charge in [0.05, 0.1) is 33.8 Å². The molecular formula is C19H18Cl3NO4S. The Balaban J connectivity index is 1.78. The number of amides is 1. The van der Waals surface area contributed by atoms with Crippen LogP contribution in [0.3, 0.4) is 0 Å². The molecule has 0 bridgehead atoms. The topological polar surface area (TPSA) is 86.5 Å². The Morgan fingerprint density at radius 1 is 1.04 bits per heavy atom. The first-order chi connectivity index (χ1) is 13.2. The first kappa shape index (κ1) is 21.4. The van der Waals surface area contributed by atoms with Crippen LogP contribution in [0.5, 0.6) is 0 Å². The monoisotopic (exact) mass is 461 g/mol. The van der Waals surface area contributed by atoms with Crippen molar-refractivity contribution >= 4 is 50.5 Å². The minimum absolute atomic E-state index is 0.00913. The van der Waals surface area contributed by atoms with Crippen LogP contribution in [0.1, 0.15) is 18.4 Å². The molecule has 0 aromatic heterocycles. The molecule has 2 aromatic carbocycles. The molecule has 0 heterocycles. The standard InChI is InChI=1S/C19H18Cl3NO4S/c20-12-3-1-11(2-4-12)10-27-17-9-14(8-15(17)19(23)24)28(25,26)18-6-5-13(21)7-16(18)22/h1-7,14-15,17H,8-10H2,(H2,23,24)/t14-,15-,17-/m0/s1. The van der Waals surface area contributed by atoms with Gasteiger partial charge in [-0.15, -0.1) is 0 Å². The van der Waals surface area contributed by atoms with Crippen LogP contribution in [0.25, 0.3) is 0 Å². The average Bonchev–Trinajstić information content (AvgIpc) is 3.06. The molecule has 1 saturated carbocycles. The van der Waals surface area contributed by atoms with Gasteiger partial charge in [0.15, 0.2) is 9.84 Å². The van der Waals surface area contributed by atoms with Gasteiger partial charge in [0.2, 0.25) is 5.91 Å². The summed E-state index contributed by atoms with van der Waals surface area (Å²) in [7, 11) is -3.77. The van der Waals surface area contributed by atoms with Crippen LogP contribution >= 0.6 is 34.8 Å². The van der Waals surface area contributed by atoms with Crippen LogP contribution in [0, 0.1) is 5.92 Å². The predicted octanol–water partition coefficient (Wildman–Crippen LogP) is 4.27. The van der Waals surface area contributed by atoms with Crippen molar-refractivity contribution < 1.29 is 17.9 Å². The summed E-state index contributed by atoms with van der Waals surface area (Å²) in [4.78, 5) is 11.9. The molecule has 2 N–H and O–H groups in total. The van der Waals surface area contributed by atoms with Crippen molar-refractivity contribution in [3.63, 3.8) is 0 Å². The highest BCUT2D eigenvalue weighted by atomic mass is 35.5. The van der Waals surface area contributed by atoms with Crippen molar-refractivity contribution in [1.29, 1.82) is 0 Å². The zero-order valence-corrected chi connectivity index (χ0v) is 17.7. The van der Waals surface area contributed by atoms with Gasteiger partial charge in [0, 0.05) is 10.0 Å². The van der Waals surface area contributed by atoms with Crippen molar-refractivity contribution in [1.82, 2.24) is 0 Å². The summed E-state index contributed by atoms with van der Waals surface area (Å²) < 4.78 is 31.9. The minimum atomic E-state index is -3.77. The van der Waals surface area contributed by atoms with E-state index in [1.165, 1.54) is 18.2 Å². The lowest BCUT2D eigenvalue weighted by atomic mass is 10.1. The quantitative estimate of drug-likeness (QED) is 0.694. The third kappa shape index (κ3) is 4.63. The molecule has 9 heteroatoms. The van der Waals surface area contributed by atoms with E-state index in [0.29, 0.717) is 10.0 Å². The van der Waals surface area contributed by atoms with E-state index in [-0.39, 0.29) is 29.4 Å². The van der Waals surface area contributed by atoms with Crippen molar-refractivity contribution in [2.24, 2.45) is 11.7 Å². The van der Waals surface area contributed by atoms with Gasteiger partial charge in [-0.1, -0.05) is 46.9 Å². The number of nitrogens with two attached hydrogens (primary N) is 1. The van der Waals surface area contributed by atoms with E-state index >= 15 is 0 Å². The summed E-state index contributed by atoms with van der Waals surface area (Å²) in [6.07, 6.45) is -0.358. The summed E-state index contributed by atoms with van der Waals surface area (Å²) in [6.45, 7) is 0.222. The molecule has 0 radical (unpaired) electrons. The van der Waals surface area contributed by atoms with Crippen molar-refractivity contribution in [2.45, 2.75) is 35.7 Å². The minimum Gasteiger partial charge on any atom is -0.373 e. The molecule has 1 fully saturated rings. The van der Waals surface area contributed by atoms with Gasteiger partial charge in [-0.2, -0.15) is 0 Å². The zero-order valence-electron chi connectivity index (χ0n) is 14.6. The molecule has 28 heavy (non-hydrogen) atoms. The van der Waals surface area contributed by atoms with Gasteiger partial charge >= 0.3 is 0 Å². The van der Waals surface area contributed by atoms with E-state index in [1.807, 2.05) is 0 Å². The number of benzene rings is 2. The number of carbonyl (C=O) groups excluding carboxylic acids is 1. The van der Waals surface area contributed by atoms with E-state index < -0.39 is 33.0 Å². The number of halogens is 3. The molecule has 3 rings (SSSR count). The number of hydrogen-bond acceptors (Lipinski definition) is 4. The lowest BCUT2D eigenvalue weighted by Crippen LogP contribution is -2.31. The lowest BCUT2D eigenvalue weighted by molar-refractivity contribution is -0.126. The normalized spacial score (nSPS) is 22.3. The summed E-state index contributed by atoms with van der Waals surface area (Å²) in [5.74, 6) is -1.28. The molecule has 0 unspecified atom stereocenters. The van der Waals surface area contributed by atoms with Gasteiger partial charge < -0.3 is 10.5 Å². The summed E-state index contributed by atoms with van der Waals surface area (Å²) >= 11 is 17.8. The van der Waals surface area contributed by atoms with E-state index in [4.69, 9.17) is 45.3 Å². The third-order valence-corrected chi connectivity index (χ3v) is 7.99. The molecule has 1 aliphatic rings. The van der Waals surface area contributed by atoms with Crippen LogP contribution in [0.4, 0.5) is 0 Å². The maximum absolute atomic E-state index is 13.0. The Labute approximate surface area is 178 Å². The number of sulfone groups is 1. The SMILES string of the molecule is NC(=O)[C@H]1C[C@H](S(=O)(=O)c2ccc(Cl)cc2Cl)C[C@@H]1OCc1ccc(Cl)cc1. The van der Waals surface area contributed by atoms with Gasteiger partial charge in [0.1, 0.15) is 0 Å². The van der Waals surface area contributed by atoms with Gasteiger partial charge in [-0.05, 0) is 48.7 Å². The predicted molar refractivity (Wildman–Crippen MR) is 109 cm³/mol. The van der Waals surface area contributed by atoms with E-state index in [1.54, 1.807) is 24.3 Å².